The molecule has 0 saturated carbocycles. The molecule has 1 aliphatic rings. The Labute approximate surface area is 137 Å². The van der Waals surface area contributed by atoms with Crippen LogP contribution in [0.15, 0.2) is 18.3 Å². The highest BCUT2D eigenvalue weighted by Gasteiger charge is 2.51. The predicted octanol–water partition coefficient (Wildman–Crippen LogP) is 1.09. The second kappa shape index (κ2) is 6.49. The molecule has 2 atom stereocenters. The van der Waals surface area contributed by atoms with Gasteiger partial charge in [0.25, 0.3) is 0 Å². The Morgan fingerprint density at radius 2 is 1.77 bits per heavy atom. The van der Waals surface area contributed by atoms with E-state index < -0.39 is 30.5 Å². The number of aliphatic hydroxyl groups excluding tert-OH is 2. The van der Waals surface area contributed by atoms with Crippen molar-refractivity contribution in [1.29, 1.82) is 0 Å². The molecule has 1 aromatic rings. The zero-order valence-corrected chi connectivity index (χ0v) is 14.4. The molecule has 2 rings (SSSR count). The molecular formula is C15H24BNO4S. The van der Waals surface area contributed by atoms with Gasteiger partial charge in [-0.1, -0.05) is 6.07 Å². The SMILES string of the molecule is CC1(C)OB(c2ccc(C(O)C(O)CCS)nc2)OC1(C)C. The Morgan fingerprint density at radius 3 is 2.23 bits per heavy atom. The minimum atomic E-state index is -1.01. The fraction of sp³-hybridized carbons (Fsp3) is 0.667. The molecule has 122 valence electrons. The lowest BCUT2D eigenvalue weighted by molar-refractivity contribution is 0.00578. The summed E-state index contributed by atoms with van der Waals surface area (Å²) in [6.07, 6.45) is 0.145. The van der Waals surface area contributed by atoms with Crippen LogP contribution in [0.1, 0.15) is 45.9 Å². The molecule has 2 heterocycles. The maximum absolute atomic E-state index is 10.0. The molecule has 2 unspecified atom stereocenters. The van der Waals surface area contributed by atoms with Crippen molar-refractivity contribution in [3.63, 3.8) is 0 Å². The second-order valence-corrected chi connectivity index (χ2v) is 7.08. The van der Waals surface area contributed by atoms with Gasteiger partial charge in [0.15, 0.2) is 0 Å². The van der Waals surface area contributed by atoms with Crippen LogP contribution in [-0.4, -0.2) is 45.4 Å². The van der Waals surface area contributed by atoms with Gasteiger partial charge >= 0.3 is 7.12 Å². The zero-order chi connectivity index (χ0) is 16.5. The van der Waals surface area contributed by atoms with E-state index in [4.69, 9.17) is 9.31 Å². The van der Waals surface area contributed by atoms with Gasteiger partial charge in [-0.3, -0.25) is 4.98 Å². The smallest absolute Gasteiger partial charge is 0.399 e. The Balaban J connectivity index is 2.10. The van der Waals surface area contributed by atoms with Crippen LogP contribution >= 0.6 is 12.6 Å². The molecule has 0 bridgehead atoms. The van der Waals surface area contributed by atoms with Gasteiger partial charge in [0.2, 0.25) is 0 Å². The van der Waals surface area contributed by atoms with Crippen molar-refractivity contribution >= 4 is 25.2 Å². The van der Waals surface area contributed by atoms with Crippen LogP contribution in [0.25, 0.3) is 0 Å². The van der Waals surface area contributed by atoms with Gasteiger partial charge in [0.1, 0.15) is 6.10 Å². The molecule has 0 amide bonds. The van der Waals surface area contributed by atoms with Gasteiger partial charge in [0, 0.05) is 11.7 Å². The first kappa shape index (κ1) is 17.8. The van der Waals surface area contributed by atoms with Crippen molar-refractivity contribution < 1.29 is 19.5 Å². The largest absolute Gasteiger partial charge is 0.496 e. The number of nitrogens with zero attached hydrogens (tertiary/aromatic N) is 1. The summed E-state index contributed by atoms with van der Waals surface area (Å²) in [5.41, 5.74) is 0.407. The molecule has 22 heavy (non-hydrogen) atoms. The average Bonchev–Trinajstić information content (AvgIpc) is 2.67. The third-order valence-corrected chi connectivity index (χ3v) is 4.69. The molecule has 1 aliphatic heterocycles. The fourth-order valence-corrected chi connectivity index (χ4v) is 2.46. The second-order valence-electron chi connectivity index (χ2n) is 6.63. The fourth-order valence-electron chi connectivity index (χ4n) is 2.20. The monoisotopic (exact) mass is 325 g/mol. The van der Waals surface area contributed by atoms with Gasteiger partial charge in [-0.2, -0.15) is 12.6 Å². The molecule has 7 heteroatoms. The average molecular weight is 325 g/mol. The number of aliphatic hydroxyl groups is 2. The van der Waals surface area contributed by atoms with E-state index in [1.54, 1.807) is 18.3 Å². The van der Waals surface area contributed by atoms with E-state index in [1.807, 2.05) is 27.7 Å². The third-order valence-electron chi connectivity index (χ3n) is 4.43. The lowest BCUT2D eigenvalue weighted by Gasteiger charge is -2.32. The summed E-state index contributed by atoms with van der Waals surface area (Å²) in [5, 5.41) is 19.8. The summed E-state index contributed by atoms with van der Waals surface area (Å²) < 4.78 is 11.9. The van der Waals surface area contributed by atoms with Crippen molar-refractivity contribution in [2.24, 2.45) is 0 Å². The molecular weight excluding hydrogens is 301 g/mol. The molecule has 0 spiro atoms. The Bertz CT molecular complexity index is 493. The maximum atomic E-state index is 10.0. The Morgan fingerprint density at radius 1 is 1.18 bits per heavy atom. The van der Waals surface area contributed by atoms with Crippen LogP contribution in [0.5, 0.6) is 0 Å². The van der Waals surface area contributed by atoms with Crippen molar-refractivity contribution in [2.45, 2.75) is 57.5 Å². The molecule has 1 saturated heterocycles. The number of hydrogen-bond acceptors (Lipinski definition) is 6. The minimum Gasteiger partial charge on any atom is -0.399 e. The standard InChI is InChI=1S/C15H24BNO4S/c1-14(2)15(3,4)21-16(20-14)10-5-6-11(17-9-10)13(19)12(18)7-8-22/h5-6,9,12-13,18-19,22H,7-8H2,1-4H3. The summed E-state index contributed by atoms with van der Waals surface area (Å²) >= 11 is 4.05. The van der Waals surface area contributed by atoms with Crippen LogP contribution in [0.3, 0.4) is 0 Å². The summed E-state index contributed by atoms with van der Waals surface area (Å²) in [7, 11) is -0.481. The number of aromatic nitrogens is 1. The number of pyridine rings is 1. The number of hydrogen-bond donors (Lipinski definition) is 3. The molecule has 5 nitrogen and oxygen atoms in total. The Kier molecular flexibility index (Phi) is 5.24. The van der Waals surface area contributed by atoms with Crippen LogP contribution in [-0.2, 0) is 9.31 Å². The van der Waals surface area contributed by atoms with Crippen LogP contribution in [0.2, 0.25) is 0 Å². The minimum absolute atomic E-state index is 0.404. The first-order valence-electron chi connectivity index (χ1n) is 7.46. The van der Waals surface area contributed by atoms with E-state index in [-0.39, 0.29) is 0 Å². The molecule has 1 aromatic heterocycles. The predicted molar refractivity (Wildman–Crippen MR) is 89.4 cm³/mol. The number of rotatable bonds is 5. The zero-order valence-electron chi connectivity index (χ0n) is 13.5. The molecule has 2 N–H and O–H groups in total. The lowest BCUT2D eigenvalue weighted by Crippen LogP contribution is -2.41. The van der Waals surface area contributed by atoms with Crippen LogP contribution in [0, 0.1) is 0 Å². The maximum Gasteiger partial charge on any atom is 0.496 e. The van der Waals surface area contributed by atoms with Gasteiger partial charge in [-0.05, 0) is 45.9 Å². The first-order valence-corrected chi connectivity index (χ1v) is 8.09. The quantitative estimate of drug-likeness (QED) is 0.558. The summed E-state index contributed by atoms with van der Waals surface area (Å²) in [4.78, 5) is 4.23. The van der Waals surface area contributed by atoms with Crippen LogP contribution < -0.4 is 5.46 Å². The highest BCUT2D eigenvalue weighted by Crippen LogP contribution is 2.36. The van der Waals surface area contributed by atoms with Gasteiger partial charge in [-0.15, -0.1) is 0 Å². The normalized spacial score (nSPS) is 22.6. The first-order chi connectivity index (χ1) is 10.2. The van der Waals surface area contributed by atoms with Crippen molar-refractivity contribution in [3.8, 4) is 0 Å². The Hall–Kier alpha value is -0.595. The number of thiol groups is 1. The van der Waals surface area contributed by atoms with Gasteiger partial charge in [0.05, 0.1) is 23.0 Å². The van der Waals surface area contributed by atoms with E-state index in [9.17, 15) is 10.2 Å². The lowest BCUT2D eigenvalue weighted by atomic mass is 9.80. The molecule has 1 fully saturated rings. The van der Waals surface area contributed by atoms with E-state index in [2.05, 4.69) is 17.6 Å². The molecule has 0 aromatic carbocycles. The topological polar surface area (TPSA) is 71.8 Å². The molecule has 0 aliphatic carbocycles. The van der Waals surface area contributed by atoms with Crippen molar-refractivity contribution in [1.82, 2.24) is 4.98 Å². The summed E-state index contributed by atoms with van der Waals surface area (Å²) in [5.74, 6) is 0.504. The highest BCUT2D eigenvalue weighted by atomic mass is 32.1. The van der Waals surface area contributed by atoms with Gasteiger partial charge < -0.3 is 19.5 Å². The third kappa shape index (κ3) is 3.49. The van der Waals surface area contributed by atoms with Crippen molar-refractivity contribution in [2.75, 3.05) is 5.75 Å². The van der Waals surface area contributed by atoms with E-state index in [1.165, 1.54) is 0 Å². The van der Waals surface area contributed by atoms with Crippen LogP contribution in [0.4, 0.5) is 0 Å². The highest BCUT2D eigenvalue weighted by molar-refractivity contribution is 7.80. The van der Waals surface area contributed by atoms with E-state index in [0.717, 1.165) is 5.46 Å². The van der Waals surface area contributed by atoms with Crippen molar-refractivity contribution in [3.05, 3.63) is 24.0 Å². The van der Waals surface area contributed by atoms with Gasteiger partial charge in [-0.25, -0.2) is 0 Å². The van der Waals surface area contributed by atoms with E-state index >= 15 is 0 Å². The summed E-state index contributed by atoms with van der Waals surface area (Å²) in [6.45, 7) is 7.97. The van der Waals surface area contributed by atoms with E-state index in [0.29, 0.717) is 17.9 Å². The summed E-state index contributed by atoms with van der Waals surface area (Å²) in [6, 6.07) is 3.49. The molecule has 0 radical (unpaired) electrons.